The molecule has 162 valence electrons. The van der Waals surface area contributed by atoms with Crippen LogP contribution < -0.4 is 5.84 Å². The van der Waals surface area contributed by atoms with Crippen molar-refractivity contribution in [3.05, 3.63) is 89.1 Å². The molecule has 6 rings (SSSR count). The lowest BCUT2D eigenvalue weighted by molar-refractivity contribution is -0.750. The summed E-state index contributed by atoms with van der Waals surface area (Å²) in [6, 6.07) is 17.0. The smallest absolute Gasteiger partial charge is 0.253 e. The van der Waals surface area contributed by atoms with Crippen LogP contribution in [0.3, 0.4) is 0 Å². The number of allylic oxidation sites excluding steroid dienone is 1. The fourth-order valence-electron chi connectivity index (χ4n) is 3.86. The van der Waals surface area contributed by atoms with E-state index in [0.717, 1.165) is 5.56 Å². The van der Waals surface area contributed by atoms with Crippen LogP contribution in [0.25, 0.3) is 22.2 Å². The molecule has 33 heavy (non-hydrogen) atoms. The van der Waals surface area contributed by atoms with E-state index in [0.29, 0.717) is 39.1 Å². The van der Waals surface area contributed by atoms with Crippen LogP contribution in [0, 0.1) is 5.82 Å². The summed E-state index contributed by atoms with van der Waals surface area (Å²) in [5.41, 5.74) is 4.64. The topological polar surface area (TPSA) is 79.2 Å². The Bertz CT molecular complexity index is 1430. The highest BCUT2D eigenvalue weighted by molar-refractivity contribution is 8.13. The minimum absolute atomic E-state index is 0.267. The van der Waals surface area contributed by atoms with Crippen LogP contribution in [0.15, 0.2) is 92.8 Å². The van der Waals surface area contributed by atoms with Gasteiger partial charge in [0.1, 0.15) is 11.7 Å². The second kappa shape index (κ2) is 7.92. The lowest BCUT2D eigenvalue weighted by atomic mass is 10.1. The number of hydrogen-bond donors (Lipinski definition) is 1. The molecule has 7 nitrogen and oxygen atoms in total. The van der Waals surface area contributed by atoms with Gasteiger partial charge >= 0.3 is 0 Å². The van der Waals surface area contributed by atoms with Gasteiger partial charge in [0.05, 0.1) is 35.1 Å². The van der Waals surface area contributed by atoms with Crippen molar-refractivity contribution in [1.29, 1.82) is 0 Å². The van der Waals surface area contributed by atoms with Crippen molar-refractivity contribution in [2.75, 3.05) is 5.88 Å². The molecule has 10 heteroatoms. The zero-order chi connectivity index (χ0) is 22.4. The van der Waals surface area contributed by atoms with Gasteiger partial charge in [-0.1, -0.05) is 54.2 Å². The van der Waals surface area contributed by atoms with Crippen LogP contribution in [0.5, 0.6) is 0 Å². The van der Waals surface area contributed by atoms with Gasteiger partial charge in [-0.3, -0.25) is 4.99 Å². The Morgan fingerprint density at radius 3 is 2.76 bits per heavy atom. The van der Waals surface area contributed by atoms with Gasteiger partial charge < -0.3 is 0 Å². The van der Waals surface area contributed by atoms with E-state index in [9.17, 15) is 0 Å². The molecule has 0 bridgehead atoms. The molecule has 0 fully saturated rings. The summed E-state index contributed by atoms with van der Waals surface area (Å²) in [6.45, 7) is 0. The Balaban J connectivity index is 1.47. The van der Waals surface area contributed by atoms with Crippen LogP contribution in [-0.4, -0.2) is 37.5 Å². The van der Waals surface area contributed by atoms with E-state index in [2.05, 4.69) is 15.1 Å². The molecular formula is C23H17FN7S2+. The molecule has 3 aliphatic heterocycles. The van der Waals surface area contributed by atoms with Gasteiger partial charge in [-0.15, -0.1) is 4.59 Å². The lowest BCUT2D eigenvalue weighted by Crippen LogP contribution is -2.53. The molecule has 1 unspecified atom stereocenters. The number of benzene rings is 2. The third-order valence-corrected chi connectivity index (χ3v) is 7.21. The minimum atomic E-state index is -0.455. The first-order valence-electron chi connectivity index (χ1n) is 10.1. The first kappa shape index (κ1) is 20.3. The number of quaternary nitrogens is 1. The molecule has 0 amide bonds. The minimum Gasteiger partial charge on any atom is -0.253 e. The number of nitrogens with zero attached hydrogens (tertiary/aromatic N) is 6. The van der Waals surface area contributed by atoms with Crippen molar-refractivity contribution in [3.63, 3.8) is 0 Å². The molecule has 1 atom stereocenters. The summed E-state index contributed by atoms with van der Waals surface area (Å²) in [6.07, 6.45) is 4.96. The molecule has 2 N–H and O–H groups in total. The second-order valence-electron chi connectivity index (χ2n) is 7.50. The van der Waals surface area contributed by atoms with E-state index in [1.54, 1.807) is 46.4 Å². The van der Waals surface area contributed by atoms with Crippen LogP contribution in [0.1, 0.15) is 5.56 Å². The van der Waals surface area contributed by atoms with Crippen molar-refractivity contribution in [1.82, 2.24) is 9.40 Å². The van der Waals surface area contributed by atoms with E-state index in [-0.39, 0.29) is 10.1 Å². The summed E-state index contributed by atoms with van der Waals surface area (Å²) in [7, 11) is 0. The van der Waals surface area contributed by atoms with E-state index in [4.69, 9.17) is 10.8 Å². The molecular weight excluding hydrogens is 457 g/mol. The zero-order valence-corrected chi connectivity index (χ0v) is 18.8. The molecule has 0 aliphatic carbocycles. The highest BCUT2D eigenvalue weighted by Gasteiger charge is 2.46. The SMILES string of the molecule is N[N+]12C=CN=CC1=C(SN1CSC=N1)N=C2c1ccc2ccc(-c3ccccc3)nc2c1F. The van der Waals surface area contributed by atoms with Gasteiger partial charge in [-0.25, -0.2) is 13.8 Å². The molecule has 2 aromatic carbocycles. The predicted molar refractivity (Wildman–Crippen MR) is 133 cm³/mol. The molecule has 3 aromatic rings. The van der Waals surface area contributed by atoms with Gasteiger partial charge in [-0.2, -0.15) is 15.9 Å². The zero-order valence-electron chi connectivity index (χ0n) is 17.2. The molecule has 1 aromatic heterocycles. The van der Waals surface area contributed by atoms with Crippen LogP contribution in [0.2, 0.25) is 0 Å². The number of halogens is 1. The van der Waals surface area contributed by atoms with Gasteiger partial charge in [0.2, 0.25) is 5.70 Å². The Morgan fingerprint density at radius 2 is 1.94 bits per heavy atom. The first-order valence-corrected chi connectivity index (χ1v) is 11.9. The van der Waals surface area contributed by atoms with Crippen LogP contribution in [-0.2, 0) is 0 Å². The average molecular weight is 475 g/mol. The number of aliphatic imine (C=N–C) groups is 2. The van der Waals surface area contributed by atoms with Crippen molar-refractivity contribution in [2.45, 2.75) is 0 Å². The number of hydrogen-bond acceptors (Lipinski definition) is 8. The standard InChI is InChI=1S/C23H17FN7S2/c24-20-17(8-6-16-7-9-18(28-21(16)20)15-4-2-1-3-5-15)22-29-23(33-30-14-32-13-27-30)19-12-26-10-11-31(19,22)25/h1-13H,14,25H2/q+1. The molecule has 0 radical (unpaired) electrons. The predicted octanol–water partition coefficient (Wildman–Crippen LogP) is 4.81. The number of aromatic nitrogens is 1. The van der Waals surface area contributed by atoms with E-state index >= 15 is 4.39 Å². The Kier molecular flexibility index (Phi) is 4.88. The molecule has 0 saturated heterocycles. The number of rotatable bonds is 4. The molecule has 3 aliphatic rings. The fourth-order valence-corrected chi connectivity index (χ4v) is 5.47. The van der Waals surface area contributed by atoms with Crippen molar-refractivity contribution in [2.24, 2.45) is 20.9 Å². The second-order valence-corrected chi connectivity index (χ2v) is 9.29. The Hall–Kier alpha value is -3.31. The number of thioether (sulfide) groups is 1. The number of pyridine rings is 1. The molecule has 0 spiro atoms. The highest BCUT2D eigenvalue weighted by atomic mass is 32.2. The van der Waals surface area contributed by atoms with Crippen molar-refractivity contribution < 1.29 is 8.98 Å². The summed E-state index contributed by atoms with van der Waals surface area (Å²) in [5, 5.41) is 5.63. The normalized spacial score (nSPS) is 21.3. The lowest BCUT2D eigenvalue weighted by Gasteiger charge is -2.26. The maximum atomic E-state index is 15.9. The molecule has 4 heterocycles. The maximum absolute atomic E-state index is 15.9. The van der Waals surface area contributed by atoms with E-state index < -0.39 is 5.82 Å². The fraction of sp³-hybridized carbons (Fsp3) is 0.0435. The third kappa shape index (κ3) is 3.39. The van der Waals surface area contributed by atoms with E-state index in [1.165, 1.54) is 11.9 Å². The van der Waals surface area contributed by atoms with Gasteiger partial charge in [0.25, 0.3) is 5.84 Å². The number of amidine groups is 1. The third-order valence-electron chi connectivity index (χ3n) is 5.50. The Labute approximate surface area is 197 Å². The summed E-state index contributed by atoms with van der Waals surface area (Å²) < 4.78 is 17.5. The van der Waals surface area contributed by atoms with Crippen LogP contribution in [0.4, 0.5) is 4.39 Å². The van der Waals surface area contributed by atoms with E-state index in [1.807, 2.05) is 48.5 Å². The van der Waals surface area contributed by atoms with Gasteiger partial charge in [0.15, 0.2) is 10.8 Å². The largest absolute Gasteiger partial charge is 0.268 e. The summed E-state index contributed by atoms with van der Waals surface area (Å²) >= 11 is 2.94. The maximum Gasteiger partial charge on any atom is 0.268 e. The van der Waals surface area contributed by atoms with Crippen LogP contribution >= 0.6 is 23.7 Å². The average Bonchev–Trinajstić information content (AvgIpc) is 3.46. The summed E-state index contributed by atoms with van der Waals surface area (Å²) in [4.78, 5) is 13.6. The first-order chi connectivity index (χ1) is 16.1. The summed E-state index contributed by atoms with van der Waals surface area (Å²) in [5.74, 6) is 7.36. The molecule has 0 saturated carbocycles. The highest BCUT2D eigenvalue weighted by Crippen LogP contribution is 2.40. The van der Waals surface area contributed by atoms with Crippen molar-refractivity contribution >= 4 is 52.2 Å². The quantitative estimate of drug-likeness (QED) is 0.333. The number of hydrazone groups is 1. The van der Waals surface area contributed by atoms with Gasteiger partial charge in [0, 0.05) is 22.9 Å². The number of nitrogens with two attached hydrogens (primary N) is 1. The van der Waals surface area contributed by atoms with Crippen molar-refractivity contribution in [3.8, 4) is 11.3 Å². The Morgan fingerprint density at radius 1 is 1.09 bits per heavy atom. The monoisotopic (exact) mass is 474 g/mol. The van der Waals surface area contributed by atoms with Gasteiger partial charge in [-0.05, 0) is 12.1 Å². The number of fused-ring (bicyclic) bond motifs is 2.